The van der Waals surface area contributed by atoms with Crippen molar-refractivity contribution in [3.8, 4) is 22.6 Å². The van der Waals surface area contributed by atoms with Crippen molar-refractivity contribution in [1.29, 1.82) is 0 Å². The predicted octanol–water partition coefficient (Wildman–Crippen LogP) is 4.89. The number of hydrogen-bond acceptors (Lipinski definition) is 2. The van der Waals surface area contributed by atoms with E-state index >= 15 is 0 Å². The summed E-state index contributed by atoms with van der Waals surface area (Å²) in [6.07, 6.45) is 5.41. The highest BCUT2D eigenvalue weighted by Crippen LogP contribution is 2.36. The summed E-state index contributed by atoms with van der Waals surface area (Å²) >= 11 is 0. The van der Waals surface area contributed by atoms with Crippen LogP contribution in [0.5, 0.6) is 11.5 Å². The number of benzene rings is 2. The summed E-state index contributed by atoms with van der Waals surface area (Å²) in [5, 5.41) is 20.3. The van der Waals surface area contributed by atoms with E-state index in [2.05, 4.69) is 6.92 Å². The van der Waals surface area contributed by atoms with E-state index in [4.69, 9.17) is 0 Å². The molecule has 0 spiro atoms. The van der Waals surface area contributed by atoms with Gasteiger partial charge in [0.15, 0.2) is 0 Å². The number of rotatable bonds is 6. The van der Waals surface area contributed by atoms with Crippen molar-refractivity contribution in [1.82, 2.24) is 0 Å². The number of phenolic OH excluding ortho intramolecular Hbond substituents is 2. The number of unbranched alkanes of at least 4 members (excludes halogenated alkanes) is 3. The molecule has 0 bridgehead atoms. The molecule has 0 fully saturated rings. The van der Waals surface area contributed by atoms with Crippen LogP contribution in [0.15, 0.2) is 42.5 Å². The highest BCUT2D eigenvalue weighted by atomic mass is 16.3. The summed E-state index contributed by atoms with van der Waals surface area (Å²) < 4.78 is 0. The molecule has 0 saturated heterocycles. The molecular formula is C18H22O2. The van der Waals surface area contributed by atoms with Crippen LogP contribution in [0.2, 0.25) is 0 Å². The molecule has 0 aromatic heterocycles. The lowest BCUT2D eigenvalue weighted by atomic mass is 9.97. The van der Waals surface area contributed by atoms with Crippen LogP contribution in [-0.4, -0.2) is 10.2 Å². The van der Waals surface area contributed by atoms with Crippen LogP contribution in [0.3, 0.4) is 0 Å². The summed E-state index contributed by atoms with van der Waals surface area (Å²) in [7, 11) is 0. The van der Waals surface area contributed by atoms with E-state index in [1.165, 1.54) is 12.8 Å². The Morgan fingerprint density at radius 1 is 0.900 bits per heavy atom. The van der Waals surface area contributed by atoms with Crippen LogP contribution < -0.4 is 0 Å². The second-order valence-corrected chi connectivity index (χ2v) is 5.18. The van der Waals surface area contributed by atoms with Gasteiger partial charge in [0, 0.05) is 5.56 Å². The topological polar surface area (TPSA) is 40.5 Å². The molecule has 2 heteroatoms. The van der Waals surface area contributed by atoms with Crippen LogP contribution in [0.1, 0.15) is 38.2 Å². The largest absolute Gasteiger partial charge is 0.508 e. The Morgan fingerprint density at radius 2 is 1.65 bits per heavy atom. The minimum atomic E-state index is 0.215. The second-order valence-electron chi connectivity index (χ2n) is 5.18. The third-order valence-corrected chi connectivity index (χ3v) is 3.56. The third-order valence-electron chi connectivity index (χ3n) is 3.56. The van der Waals surface area contributed by atoms with Crippen LogP contribution >= 0.6 is 0 Å². The van der Waals surface area contributed by atoms with Crippen molar-refractivity contribution in [2.24, 2.45) is 0 Å². The first kappa shape index (κ1) is 14.4. The molecule has 0 amide bonds. The van der Waals surface area contributed by atoms with Crippen molar-refractivity contribution < 1.29 is 10.2 Å². The van der Waals surface area contributed by atoms with Crippen molar-refractivity contribution in [2.75, 3.05) is 0 Å². The van der Waals surface area contributed by atoms with Crippen LogP contribution in [0.25, 0.3) is 11.1 Å². The molecule has 0 saturated carbocycles. The van der Waals surface area contributed by atoms with Crippen LogP contribution in [-0.2, 0) is 6.42 Å². The number of phenols is 2. The standard InChI is InChI=1S/C18H22O2/c1-2-3-4-6-11-15-12-16(19)13-17(18(15)20)14-9-7-5-8-10-14/h5,7-10,12-13,19-20H,2-4,6,11H2,1H3. The Hall–Kier alpha value is -1.96. The summed E-state index contributed by atoms with van der Waals surface area (Å²) in [5.74, 6) is 0.512. The van der Waals surface area contributed by atoms with Gasteiger partial charge in [-0.05, 0) is 36.1 Å². The van der Waals surface area contributed by atoms with Gasteiger partial charge in [-0.1, -0.05) is 56.5 Å². The van der Waals surface area contributed by atoms with Gasteiger partial charge in [-0.2, -0.15) is 0 Å². The monoisotopic (exact) mass is 270 g/mol. The van der Waals surface area contributed by atoms with Crippen molar-refractivity contribution >= 4 is 0 Å². The molecule has 0 atom stereocenters. The van der Waals surface area contributed by atoms with Gasteiger partial charge >= 0.3 is 0 Å². The molecule has 0 aliphatic carbocycles. The van der Waals surface area contributed by atoms with Gasteiger partial charge in [-0.3, -0.25) is 0 Å². The maximum atomic E-state index is 10.4. The third kappa shape index (κ3) is 3.53. The first-order valence-electron chi connectivity index (χ1n) is 7.32. The molecule has 0 unspecified atom stereocenters. The van der Waals surface area contributed by atoms with Gasteiger partial charge in [0.2, 0.25) is 0 Å². The first-order valence-corrected chi connectivity index (χ1v) is 7.32. The molecule has 0 heterocycles. The average Bonchev–Trinajstić information content (AvgIpc) is 2.47. The Kier molecular flexibility index (Phi) is 5.05. The second kappa shape index (κ2) is 6.99. The first-order chi connectivity index (χ1) is 9.72. The molecule has 0 aliphatic heterocycles. The zero-order chi connectivity index (χ0) is 14.4. The zero-order valence-electron chi connectivity index (χ0n) is 12.0. The fraction of sp³-hybridized carbons (Fsp3) is 0.333. The Labute approximate surface area is 120 Å². The molecule has 0 radical (unpaired) electrons. The lowest BCUT2D eigenvalue weighted by Crippen LogP contribution is -1.90. The van der Waals surface area contributed by atoms with Crippen molar-refractivity contribution in [3.05, 3.63) is 48.0 Å². The molecule has 106 valence electrons. The molecular weight excluding hydrogens is 248 g/mol. The van der Waals surface area contributed by atoms with Gasteiger partial charge in [0.1, 0.15) is 11.5 Å². The predicted molar refractivity (Wildman–Crippen MR) is 83.1 cm³/mol. The van der Waals surface area contributed by atoms with E-state index < -0.39 is 0 Å². The normalized spacial score (nSPS) is 10.7. The van der Waals surface area contributed by atoms with Gasteiger partial charge in [0.25, 0.3) is 0 Å². The highest BCUT2D eigenvalue weighted by Gasteiger charge is 2.11. The number of hydrogen-bond donors (Lipinski definition) is 2. The fourth-order valence-corrected chi connectivity index (χ4v) is 2.45. The number of aromatic hydroxyl groups is 2. The average molecular weight is 270 g/mol. The Bertz CT molecular complexity index is 547. The van der Waals surface area contributed by atoms with Crippen molar-refractivity contribution in [2.45, 2.75) is 39.0 Å². The van der Waals surface area contributed by atoms with Gasteiger partial charge < -0.3 is 10.2 Å². The maximum Gasteiger partial charge on any atom is 0.126 e. The molecule has 2 nitrogen and oxygen atoms in total. The minimum Gasteiger partial charge on any atom is -0.508 e. The molecule has 0 aliphatic rings. The van der Waals surface area contributed by atoms with Gasteiger partial charge in [0.05, 0.1) is 0 Å². The lowest BCUT2D eigenvalue weighted by Gasteiger charge is -2.11. The summed E-state index contributed by atoms with van der Waals surface area (Å²) in [4.78, 5) is 0. The van der Waals surface area contributed by atoms with E-state index in [1.807, 2.05) is 30.3 Å². The number of aryl methyl sites for hydroxylation is 1. The highest BCUT2D eigenvalue weighted by molar-refractivity contribution is 5.73. The SMILES string of the molecule is CCCCCCc1cc(O)cc(-c2ccccc2)c1O. The molecule has 2 rings (SSSR count). The minimum absolute atomic E-state index is 0.215. The maximum absolute atomic E-state index is 10.4. The summed E-state index contributed by atoms with van der Waals surface area (Å²) in [6.45, 7) is 2.18. The van der Waals surface area contributed by atoms with Gasteiger partial charge in [-0.15, -0.1) is 0 Å². The van der Waals surface area contributed by atoms with E-state index in [0.29, 0.717) is 11.3 Å². The van der Waals surface area contributed by atoms with E-state index in [-0.39, 0.29) is 5.75 Å². The Morgan fingerprint density at radius 3 is 2.35 bits per heavy atom. The molecule has 2 aromatic carbocycles. The smallest absolute Gasteiger partial charge is 0.126 e. The molecule has 2 aromatic rings. The Balaban J connectivity index is 2.24. The van der Waals surface area contributed by atoms with Gasteiger partial charge in [-0.25, -0.2) is 0 Å². The summed E-state index contributed by atoms with van der Waals surface area (Å²) in [6, 6.07) is 13.0. The van der Waals surface area contributed by atoms with Crippen LogP contribution in [0, 0.1) is 0 Å². The van der Waals surface area contributed by atoms with E-state index in [9.17, 15) is 10.2 Å². The fourth-order valence-electron chi connectivity index (χ4n) is 2.45. The zero-order valence-corrected chi connectivity index (χ0v) is 12.0. The van der Waals surface area contributed by atoms with Crippen molar-refractivity contribution in [3.63, 3.8) is 0 Å². The van der Waals surface area contributed by atoms with E-state index in [1.54, 1.807) is 12.1 Å². The lowest BCUT2D eigenvalue weighted by molar-refractivity contribution is 0.454. The molecule has 20 heavy (non-hydrogen) atoms. The quantitative estimate of drug-likeness (QED) is 0.579. The molecule has 2 N–H and O–H groups in total. The van der Waals surface area contributed by atoms with Crippen LogP contribution in [0.4, 0.5) is 0 Å². The van der Waals surface area contributed by atoms with E-state index in [0.717, 1.165) is 30.4 Å². The summed E-state index contributed by atoms with van der Waals surface area (Å²) in [5.41, 5.74) is 2.46.